The van der Waals surface area contributed by atoms with Crippen LogP contribution in [0.1, 0.15) is 38.0 Å². The van der Waals surface area contributed by atoms with E-state index in [2.05, 4.69) is 10.7 Å². The molecule has 2 rings (SSSR count). The average Bonchev–Trinajstić information content (AvgIpc) is 2.68. The summed E-state index contributed by atoms with van der Waals surface area (Å²) in [5, 5.41) is 13.2. The van der Waals surface area contributed by atoms with Gasteiger partial charge in [0, 0.05) is 17.7 Å². The highest BCUT2D eigenvalue weighted by molar-refractivity contribution is 8.13. The fourth-order valence-corrected chi connectivity index (χ4v) is 3.97. The summed E-state index contributed by atoms with van der Waals surface area (Å²) in [6.45, 7) is 5.49. The quantitative estimate of drug-likeness (QED) is 0.329. The number of carbonyl (C=O) groups is 1. The van der Waals surface area contributed by atoms with Crippen molar-refractivity contribution < 1.29 is 19.5 Å². The Morgan fingerprint density at radius 2 is 1.96 bits per heavy atom. The molecule has 0 saturated carbocycles. The van der Waals surface area contributed by atoms with E-state index in [1.54, 1.807) is 6.07 Å². The number of fused-ring (bicyclic) bond motifs is 1. The summed E-state index contributed by atoms with van der Waals surface area (Å²) in [6.07, 6.45) is 2.64. The highest BCUT2D eigenvalue weighted by Crippen LogP contribution is 2.50. The molecule has 1 unspecified atom stereocenters. The van der Waals surface area contributed by atoms with Gasteiger partial charge in [-0.1, -0.05) is 23.4 Å². The van der Waals surface area contributed by atoms with Crippen LogP contribution in [0.3, 0.4) is 0 Å². The second kappa shape index (κ2) is 9.57. The number of thioether (sulfide) groups is 1. The molecule has 150 valence electrons. The number of anilines is 1. The number of nitroso groups, excluding NO2 is 1. The summed E-state index contributed by atoms with van der Waals surface area (Å²) in [6, 6.07) is 4.80. The van der Waals surface area contributed by atoms with Crippen LogP contribution in [0.2, 0.25) is 0 Å². The third-order valence-corrected chi connectivity index (χ3v) is 5.31. The van der Waals surface area contributed by atoms with Crippen LogP contribution in [0.5, 0.6) is 11.5 Å². The largest absolute Gasteiger partial charge is 0.496 e. The molecule has 2 aromatic rings. The van der Waals surface area contributed by atoms with E-state index in [1.165, 1.54) is 45.0 Å². The van der Waals surface area contributed by atoms with Gasteiger partial charge in [-0.15, -0.1) is 4.91 Å². The monoisotopic (exact) mass is 404 g/mol. The second-order valence-corrected chi connectivity index (χ2v) is 7.78. The topological polar surface area (TPSA) is 97.2 Å². The van der Waals surface area contributed by atoms with E-state index in [1.807, 2.05) is 19.9 Å². The maximum Gasteiger partial charge on any atom is 0.186 e. The summed E-state index contributed by atoms with van der Waals surface area (Å²) < 4.78 is 11.2. The van der Waals surface area contributed by atoms with Gasteiger partial charge < -0.3 is 9.47 Å². The van der Waals surface area contributed by atoms with Crippen LogP contribution in [-0.4, -0.2) is 24.5 Å². The maximum absolute atomic E-state index is 11.9. The molecule has 0 saturated heterocycles. The molecule has 0 fully saturated rings. The Morgan fingerprint density at radius 3 is 2.46 bits per heavy atom. The molecule has 0 aliphatic rings. The first-order chi connectivity index (χ1) is 13.4. The Balaban J connectivity index is 2.89. The predicted molar refractivity (Wildman–Crippen MR) is 113 cm³/mol. The molecule has 2 aromatic carbocycles. The van der Waals surface area contributed by atoms with E-state index in [-0.39, 0.29) is 16.1 Å². The Morgan fingerprint density at radius 1 is 1.25 bits per heavy atom. The summed E-state index contributed by atoms with van der Waals surface area (Å²) >= 11 is 1.18. The lowest BCUT2D eigenvalue weighted by Crippen LogP contribution is -2.03. The zero-order chi connectivity index (χ0) is 20.8. The Labute approximate surface area is 168 Å². The lowest BCUT2D eigenvalue weighted by atomic mass is 9.97. The number of carbonyl (C=O) groups excluding carboxylic acids is 1. The number of nitrogens with one attached hydrogen (secondary N) is 1. The van der Waals surface area contributed by atoms with Gasteiger partial charge in [-0.05, 0) is 43.6 Å². The van der Waals surface area contributed by atoms with Crippen LogP contribution in [0, 0.1) is 4.91 Å². The number of methoxy groups -OCH3 is 2. The van der Waals surface area contributed by atoms with Crippen LogP contribution in [-0.2, 0) is 4.79 Å². The van der Waals surface area contributed by atoms with Crippen LogP contribution in [0.15, 0.2) is 35.0 Å². The molecule has 1 atom stereocenters. The first-order valence-electron chi connectivity index (χ1n) is 8.63. The number of ether oxygens (including phenoxy) is 2. The third-order valence-electron chi connectivity index (χ3n) is 4.24. The van der Waals surface area contributed by atoms with Crippen molar-refractivity contribution in [1.82, 2.24) is 0 Å². The zero-order valence-corrected chi connectivity index (χ0v) is 17.3. The number of hydrogen-bond acceptors (Lipinski definition) is 8. The summed E-state index contributed by atoms with van der Waals surface area (Å²) in [5.41, 5.74) is 4.46. The highest BCUT2D eigenvalue weighted by atomic mass is 32.2. The molecule has 0 radical (unpaired) electrons. The van der Waals surface area contributed by atoms with Gasteiger partial charge in [0.2, 0.25) is 0 Å². The Hall–Kier alpha value is -2.58. The minimum Gasteiger partial charge on any atom is -0.496 e. The molecular formula is C20H24N2O5S. The molecule has 0 aromatic heterocycles. The van der Waals surface area contributed by atoms with Crippen molar-refractivity contribution in [3.8, 4) is 11.5 Å². The molecule has 0 aliphatic carbocycles. The molecule has 0 spiro atoms. The fourth-order valence-electron chi connectivity index (χ4n) is 3.07. The van der Waals surface area contributed by atoms with Crippen molar-refractivity contribution in [3.05, 3.63) is 40.3 Å². The number of rotatable bonds is 8. The molecule has 7 nitrogen and oxygen atoms in total. The predicted octanol–water partition coefficient (Wildman–Crippen LogP) is 5.73. The molecule has 28 heavy (non-hydrogen) atoms. The first kappa shape index (κ1) is 21.7. The van der Waals surface area contributed by atoms with Gasteiger partial charge in [0.1, 0.15) is 17.2 Å². The smallest absolute Gasteiger partial charge is 0.186 e. The van der Waals surface area contributed by atoms with E-state index in [0.717, 1.165) is 5.57 Å². The minimum absolute atomic E-state index is 0.0345. The second-order valence-electron chi connectivity index (χ2n) is 6.40. The van der Waals surface area contributed by atoms with Gasteiger partial charge in [-0.25, -0.2) is 0 Å². The Bertz CT molecular complexity index is 923. The molecule has 0 heterocycles. The van der Waals surface area contributed by atoms with Crippen LogP contribution < -0.4 is 15.0 Å². The third kappa shape index (κ3) is 4.45. The number of allylic oxidation sites excluding steroid dienone is 2. The van der Waals surface area contributed by atoms with Gasteiger partial charge >= 0.3 is 0 Å². The maximum atomic E-state index is 11.9. The SMILES string of the molecule is COc1cc(C(CC=C(C)C)SC(C)=O)c(OC)c2c(N=O)ccc(NO)c12. The fraction of sp³-hybridized carbons (Fsp3) is 0.350. The molecule has 0 bridgehead atoms. The van der Waals surface area contributed by atoms with Crippen LogP contribution >= 0.6 is 11.8 Å². The van der Waals surface area contributed by atoms with E-state index >= 15 is 0 Å². The standard InChI is InChI=1S/C20H24N2O5S/c1-11(2)6-9-17(28-12(3)23)13-10-16(26-4)18-14(21-24)7-8-15(22-25)19(18)20(13)27-5/h6-8,10,17,21,24H,9H2,1-5H3. The number of benzene rings is 2. The van der Waals surface area contributed by atoms with Crippen LogP contribution in [0.4, 0.5) is 11.4 Å². The molecule has 8 heteroatoms. The summed E-state index contributed by atoms with van der Waals surface area (Å²) in [7, 11) is 2.99. The van der Waals surface area contributed by atoms with Gasteiger partial charge in [0.05, 0.1) is 30.7 Å². The van der Waals surface area contributed by atoms with E-state index in [0.29, 0.717) is 39.9 Å². The molecular weight excluding hydrogens is 380 g/mol. The first-order valence-corrected chi connectivity index (χ1v) is 9.51. The van der Waals surface area contributed by atoms with Crippen molar-refractivity contribution in [3.63, 3.8) is 0 Å². The average molecular weight is 404 g/mol. The Kier molecular flexibility index (Phi) is 7.42. The minimum atomic E-state index is -0.245. The number of nitrogens with zero attached hydrogens (tertiary/aromatic N) is 1. The van der Waals surface area contributed by atoms with E-state index in [4.69, 9.17) is 9.47 Å². The lowest BCUT2D eigenvalue weighted by molar-refractivity contribution is -0.109. The van der Waals surface area contributed by atoms with Crippen molar-refractivity contribution >= 4 is 39.0 Å². The lowest BCUT2D eigenvalue weighted by Gasteiger charge is -2.22. The highest BCUT2D eigenvalue weighted by Gasteiger charge is 2.25. The van der Waals surface area contributed by atoms with Crippen molar-refractivity contribution in [2.75, 3.05) is 19.7 Å². The van der Waals surface area contributed by atoms with E-state index < -0.39 is 0 Å². The zero-order valence-electron chi connectivity index (χ0n) is 16.5. The van der Waals surface area contributed by atoms with Crippen LogP contribution in [0.25, 0.3) is 10.8 Å². The van der Waals surface area contributed by atoms with Crippen molar-refractivity contribution in [1.29, 1.82) is 0 Å². The number of hydrogen-bond donors (Lipinski definition) is 2. The molecule has 0 amide bonds. The van der Waals surface area contributed by atoms with Gasteiger partial charge in [0.15, 0.2) is 5.12 Å². The van der Waals surface area contributed by atoms with Crippen molar-refractivity contribution in [2.45, 2.75) is 32.4 Å². The molecule has 0 aliphatic heterocycles. The summed E-state index contributed by atoms with van der Waals surface area (Å²) in [4.78, 5) is 23.3. The molecule has 2 N–H and O–H groups in total. The van der Waals surface area contributed by atoms with Crippen molar-refractivity contribution in [2.24, 2.45) is 5.18 Å². The van der Waals surface area contributed by atoms with Gasteiger partial charge in [-0.3, -0.25) is 15.5 Å². The normalized spacial score (nSPS) is 11.6. The van der Waals surface area contributed by atoms with Gasteiger partial charge in [-0.2, -0.15) is 0 Å². The summed E-state index contributed by atoms with van der Waals surface area (Å²) in [5.74, 6) is 0.850. The van der Waals surface area contributed by atoms with E-state index in [9.17, 15) is 14.9 Å². The van der Waals surface area contributed by atoms with Gasteiger partial charge in [0.25, 0.3) is 0 Å².